The molecule has 0 aromatic heterocycles. The van der Waals surface area contributed by atoms with Crippen LogP contribution in [0.2, 0.25) is 0 Å². The second kappa shape index (κ2) is 12.2. The first-order valence-electron chi connectivity index (χ1n) is 10.8. The molecule has 0 heterocycles. The zero-order valence-electron chi connectivity index (χ0n) is 17.3. The third-order valence-corrected chi connectivity index (χ3v) is 5.99. The molecule has 1 aliphatic carbocycles. The SMILES string of the molecule is CC(=O)CCCCCC[C@@H]1[C@@H](CCC(O)/C=C/c2cccc(F)c2)[C@H](O)C[C@@H]1O. The van der Waals surface area contributed by atoms with E-state index in [0.717, 1.165) is 32.1 Å². The van der Waals surface area contributed by atoms with Crippen molar-refractivity contribution in [2.75, 3.05) is 0 Å². The molecular formula is C24H35FO4. The highest BCUT2D eigenvalue weighted by Crippen LogP contribution is 2.39. The molecule has 0 bridgehead atoms. The Balaban J connectivity index is 1.76. The molecule has 1 unspecified atom stereocenters. The van der Waals surface area contributed by atoms with Gasteiger partial charge in [-0.1, -0.05) is 43.5 Å². The van der Waals surface area contributed by atoms with Crippen molar-refractivity contribution in [2.24, 2.45) is 11.8 Å². The molecule has 5 heteroatoms. The molecule has 0 spiro atoms. The van der Waals surface area contributed by atoms with Crippen LogP contribution in [0.3, 0.4) is 0 Å². The van der Waals surface area contributed by atoms with Gasteiger partial charge in [0.2, 0.25) is 0 Å². The van der Waals surface area contributed by atoms with E-state index in [1.54, 1.807) is 31.2 Å². The van der Waals surface area contributed by atoms with E-state index in [-0.39, 0.29) is 23.4 Å². The summed E-state index contributed by atoms with van der Waals surface area (Å²) in [5.74, 6) is -0.0464. The number of rotatable bonds is 12. The van der Waals surface area contributed by atoms with Gasteiger partial charge in [-0.3, -0.25) is 0 Å². The Hall–Kier alpha value is -1.56. The minimum atomic E-state index is -0.671. The number of carbonyl (C=O) groups is 1. The average molecular weight is 407 g/mol. The van der Waals surface area contributed by atoms with Crippen LogP contribution in [-0.4, -0.2) is 39.4 Å². The van der Waals surface area contributed by atoms with Crippen molar-refractivity contribution in [1.29, 1.82) is 0 Å². The fraction of sp³-hybridized carbons (Fsp3) is 0.625. The van der Waals surface area contributed by atoms with Crippen LogP contribution in [-0.2, 0) is 4.79 Å². The van der Waals surface area contributed by atoms with Crippen molar-refractivity contribution in [3.63, 3.8) is 0 Å². The van der Waals surface area contributed by atoms with Crippen molar-refractivity contribution in [2.45, 2.75) is 83.0 Å². The van der Waals surface area contributed by atoms with Crippen LogP contribution < -0.4 is 0 Å². The van der Waals surface area contributed by atoms with E-state index in [9.17, 15) is 24.5 Å². The number of carbonyl (C=O) groups excluding carboxylic acids is 1. The lowest BCUT2D eigenvalue weighted by Crippen LogP contribution is -2.23. The summed E-state index contributed by atoms with van der Waals surface area (Å²) in [7, 11) is 0. The number of halogens is 1. The number of ketones is 1. The summed E-state index contributed by atoms with van der Waals surface area (Å²) in [6, 6.07) is 6.19. The van der Waals surface area contributed by atoms with Crippen LogP contribution in [0.25, 0.3) is 6.08 Å². The van der Waals surface area contributed by atoms with Crippen LogP contribution in [0.5, 0.6) is 0 Å². The third kappa shape index (κ3) is 8.37. The Morgan fingerprint density at radius 3 is 2.52 bits per heavy atom. The molecule has 1 aromatic carbocycles. The average Bonchev–Trinajstić information content (AvgIpc) is 2.93. The maximum atomic E-state index is 13.2. The van der Waals surface area contributed by atoms with Crippen LogP contribution in [0.4, 0.5) is 4.39 Å². The maximum absolute atomic E-state index is 13.2. The van der Waals surface area contributed by atoms with Gasteiger partial charge in [-0.05, 0) is 68.6 Å². The van der Waals surface area contributed by atoms with Crippen LogP contribution >= 0.6 is 0 Å². The molecule has 3 N–H and O–H groups in total. The monoisotopic (exact) mass is 406 g/mol. The first-order chi connectivity index (χ1) is 13.9. The molecule has 0 radical (unpaired) electrons. The number of unbranched alkanes of at least 4 members (excludes halogenated alkanes) is 3. The number of benzene rings is 1. The van der Waals surface area contributed by atoms with Crippen molar-refractivity contribution in [1.82, 2.24) is 0 Å². The summed E-state index contributed by atoms with van der Waals surface area (Å²) >= 11 is 0. The lowest BCUT2D eigenvalue weighted by atomic mass is 9.85. The van der Waals surface area contributed by atoms with E-state index in [2.05, 4.69) is 0 Å². The molecule has 4 nitrogen and oxygen atoms in total. The van der Waals surface area contributed by atoms with E-state index in [0.29, 0.717) is 31.2 Å². The highest BCUT2D eigenvalue weighted by atomic mass is 19.1. The number of hydrogen-bond donors (Lipinski definition) is 3. The normalized spacial score (nSPS) is 25.6. The minimum absolute atomic E-state index is 0.0144. The fourth-order valence-electron chi connectivity index (χ4n) is 4.38. The maximum Gasteiger partial charge on any atom is 0.129 e. The summed E-state index contributed by atoms with van der Waals surface area (Å²) in [5.41, 5.74) is 0.697. The van der Waals surface area contributed by atoms with E-state index in [1.165, 1.54) is 12.1 Å². The molecule has 0 saturated heterocycles. The zero-order valence-corrected chi connectivity index (χ0v) is 17.3. The van der Waals surface area contributed by atoms with Crippen molar-refractivity contribution < 1.29 is 24.5 Å². The standard InChI is InChI=1S/C24H35FO4/c1-17(26)7-4-2-3-5-10-21-22(24(29)16-23(21)28)14-13-20(27)12-11-18-8-6-9-19(25)15-18/h6,8-9,11-12,15,20-24,27-29H,2-5,7,10,13-14,16H2,1H3/b12-11+/t20?,21-,22-,23+,24-/m1/s1. The van der Waals surface area contributed by atoms with Gasteiger partial charge in [0.1, 0.15) is 11.6 Å². The Morgan fingerprint density at radius 2 is 1.83 bits per heavy atom. The fourth-order valence-corrected chi connectivity index (χ4v) is 4.38. The van der Waals surface area contributed by atoms with E-state index >= 15 is 0 Å². The minimum Gasteiger partial charge on any atom is -0.393 e. The van der Waals surface area contributed by atoms with Gasteiger partial charge >= 0.3 is 0 Å². The first-order valence-corrected chi connectivity index (χ1v) is 10.8. The highest BCUT2D eigenvalue weighted by Gasteiger charge is 2.40. The topological polar surface area (TPSA) is 77.8 Å². The Morgan fingerprint density at radius 1 is 1.14 bits per heavy atom. The lowest BCUT2D eigenvalue weighted by molar-refractivity contribution is -0.117. The molecule has 1 fully saturated rings. The van der Waals surface area contributed by atoms with E-state index < -0.39 is 18.3 Å². The summed E-state index contributed by atoms with van der Waals surface area (Å²) in [6.45, 7) is 1.61. The molecule has 2 rings (SSSR count). The van der Waals surface area contributed by atoms with Gasteiger partial charge in [-0.2, -0.15) is 0 Å². The zero-order chi connectivity index (χ0) is 21.2. The van der Waals surface area contributed by atoms with Gasteiger partial charge in [0.15, 0.2) is 0 Å². The second-order valence-electron chi connectivity index (χ2n) is 8.41. The van der Waals surface area contributed by atoms with Gasteiger partial charge in [-0.25, -0.2) is 4.39 Å². The molecule has 1 aromatic rings. The van der Waals surface area contributed by atoms with Crippen LogP contribution in [0.15, 0.2) is 30.3 Å². The number of Topliss-reactive ketones (excluding diaryl/α,β-unsaturated/α-hetero) is 1. The van der Waals surface area contributed by atoms with Gasteiger partial charge in [0, 0.05) is 6.42 Å². The van der Waals surface area contributed by atoms with E-state index in [4.69, 9.17) is 0 Å². The molecule has 29 heavy (non-hydrogen) atoms. The third-order valence-electron chi connectivity index (χ3n) is 5.99. The summed E-state index contributed by atoms with van der Waals surface area (Å²) in [5, 5.41) is 30.9. The molecule has 162 valence electrons. The molecular weight excluding hydrogens is 371 g/mol. The molecule has 0 amide bonds. The summed E-state index contributed by atoms with van der Waals surface area (Å²) in [6.07, 6.45) is 8.61. The van der Waals surface area contributed by atoms with Gasteiger partial charge in [0.25, 0.3) is 0 Å². The van der Waals surface area contributed by atoms with Gasteiger partial charge in [-0.15, -0.1) is 0 Å². The van der Waals surface area contributed by atoms with Crippen molar-refractivity contribution >= 4 is 11.9 Å². The van der Waals surface area contributed by atoms with Crippen molar-refractivity contribution in [3.8, 4) is 0 Å². The van der Waals surface area contributed by atoms with Gasteiger partial charge < -0.3 is 20.1 Å². The lowest BCUT2D eigenvalue weighted by Gasteiger charge is -2.24. The largest absolute Gasteiger partial charge is 0.393 e. The number of aliphatic hydroxyl groups is 3. The molecule has 1 aliphatic rings. The Bertz CT molecular complexity index is 660. The van der Waals surface area contributed by atoms with Gasteiger partial charge in [0.05, 0.1) is 18.3 Å². The second-order valence-corrected chi connectivity index (χ2v) is 8.41. The molecule has 1 saturated carbocycles. The first kappa shape index (κ1) is 23.7. The smallest absolute Gasteiger partial charge is 0.129 e. The highest BCUT2D eigenvalue weighted by molar-refractivity contribution is 5.75. The van der Waals surface area contributed by atoms with Crippen LogP contribution in [0.1, 0.15) is 70.3 Å². The summed E-state index contributed by atoms with van der Waals surface area (Å²) < 4.78 is 13.2. The molecule has 5 atom stereocenters. The Kier molecular flexibility index (Phi) is 9.98. The van der Waals surface area contributed by atoms with Crippen LogP contribution in [0, 0.1) is 17.7 Å². The van der Waals surface area contributed by atoms with Crippen molar-refractivity contribution in [3.05, 3.63) is 41.7 Å². The molecule has 0 aliphatic heterocycles. The predicted octanol–water partition coefficient (Wildman–Crippen LogP) is 4.27. The quantitative estimate of drug-likeness (QED) is 0.453. The number of hydrogen-bond acceptors (Lipinski definition) is 4. The summed E-state index contributed by atoms with van der Waals surface area (Å²) in [4.78, 5) is 11.0. The predicted molar refractivity (Wildman–Crippen MR) is 113 cm³/mol. The number of aliphatic hydroxyl groups excluding tert-OH is 3. The Labute approximate surface area is 173 Å². The van der Waals surface area contributed by atoms with E-state index in [1.807, 2.05) is 0 Å².